The molecule has 6 nitrogen and oxygen atoms in total. The average molecular weight is 294 g/mol. The van der Waals surface area contributed by atoms with Gasteiger partial charge in [-0.15, -0.1) is 0 Å². The molecule has 1 saturated carbocycles. The van der Waals surface area contributed by atoms with E-state index >= 15 is 0 Å². The fourth-order valence-corrected chi connectivity index (χ4v) is 3.07. The Morgan fingerprint density at radius 3 is 2.52 bits per heavy atom. The minimum absolute atomic E-state index is 0.467. The summed E-state index contributed by atoms with van der Waals surface area (Å²) >= 11 is 0. The lowest BCUT2D eigenvalue weighted by Gasteiger charge is -2.37. The second kappa shape index (κ2) is 6.56. The van der Waals surface area contributed by atoms with E-state index in [1.807, 2.05) is 13.8 Å². The van der Waals surface area contributed by atoms with Crippen molar-refractivity contribution >= 4 is 5.97 Å². The van der Waals surface area contributed by atoms with Crippen LogP contribution in [0.4, 0.5) is 0 Å². The number of hydrogen-bond acceptors (Lipinski definition) is 4. The van der Waals surface area contributed by atoms with Crippen molar-refractivity contribution in [2.24, 2.45) is 5.92 Å². The first kappa shape index (κ1) is 15.9. The van der Waals surface area contributed by atoms with Crippen LogP contribution in [0.2, 0.25) is 0 Å². The molecule has 0 spiro atoms. The maximum absolute atomic E-state index is 11.7. The van der Waals surface area contributed by atoms with Crippen molar-refractivity contribution in [3.8, 4) is 0 Å². The molecule has 0 radical (unpaired) electrons. The van der Waals surface area contributed by atoms with Gasteiger partial charge in [0.1, 0.15) is 5.54 Å². The number of nitrogens with one attached hydrogen (secondary N) is 1. The van der Waals surface area contributed by atoms with E-state index in [-0.39, 0.29) is 0 Å². The highest BCUT2D eigenvalue weighted by atomic mass is 16.4. The number of carboxylic acid groups (broad SMARTS) is 1. The highest BCUT2D eigenvalue weighted by molar-refractivity contribution is 5.78. The third kappa shape index (κ3) is 3.43. The standard InChI is InChI=1S/C15H26N4O2/c1-4-12-6-8-15(9-7-12,14(20)21)16-10-13-11(3)17-19(5-2)18-13/h12,16H,4-10H2,1-3H3,(H,20,21). The van der Waals surface area contributed by atoms with E-state index in [1.165, 1.54) is 0 Å². The summed E-state index contributed by atoms with van der Waals surface area (Å²) in [6.45, 7) is 7.27. The zero-order valence-electron chi connectivity index (χ0n) is 13.2. The van der Waals surface area contributed by atoms with Crippen molar-refractivity contribution in [3.05, 3.63) is 11.4 Å². The third-order valence-electron chi connectivity index (χ3n) is 4.74. The fraction of sp³-hybridized carbons (Fsp3) is 0.800. The summed E-state index contributed by atoms with van der Waals surface area (Å²) in [5.41, 5.74) is 0.913. The molecule has 0 aromatic carbocycles. The predicted octanol–water partition coefficient (Wildman–Crippen LogP) is 2.12. The summed E-state index contributed by atoms with van der Waals surface area (Å²) in [5, 5.41) is 21.6. The van der Waals surface area contributed by atoms with E-state index in [9.17, 15) is 9.90 Å². The molecule has 6 heteroatoms. The predicted molar refractivity (Wildman–Crippen MR) is 79.9 cm³/mol. The number of aryl methyl sites for hydroxylation is 2. The van der Waals surface area contributed by atoms with Gasteiger partial charge in [0.15, 0.2) is 0 Å². The van der Waals surface area contributed by atoms with Crippen LogP contribution in [-0.2, 0) is 17.9 Å². The van der Waals surface area contributed by atoms with Gasteiger partial charge in [-0.25, -0.2) is 0 Å². The van der Waals surface area contributed by atoms with Gasteiger partial charge in [0, 0.05) is 6.54 Å². The fourth-order valence-electron chi connectivity index (χ4n) is 3.07. The molecular weight excluding hydrogens is 268 g/mol. The van der Waals surface area contributed by atoms with E-state index < -0.39 is 11.5 Å². The van der Waals surface area contributed by atoms with Gasteiger partial charge in [-0.05, 0) is 45.4 Å². The molecule has 0 aliphatic heterocycles. The van der Waals surface area contributed by atoms with Crippen molar-refractivity contribution in [3.63, 3.8) is 0 Å². The van der Waals surface area contributed by atoms with Crippen LogP contribution in [0.15, 0.2) is 0 Å². The van der Waals surface area contributed by atoms with Crippen LogP contribution in [0.25, 0.3) is 0 Å². The summed E-state index contributed by atoms with van der Waals surface area (Å²) in [4.78, 5) is 13.4. The average Bonchev–Trinajstić information content (AvgIpc) is 2.86. The van der Waals surface area contributed by atoms with E-state index in [0.717, 1.165) is 37.2 Å². The van der Waals surface area contributed by atoms with Crippen LogP contribution in [0.3, 0.4) is 0 Å². The summed E-state index contributed by atoms with van der Waals surface area (Å²) in [7, 11) is 0. The van der Waals surface area contributed by atoms with E-state index in [0.29, 0.717) is 25.3 Å². The Labute approximate surface area is 125 Å². The van der Waals surface area contributed by atoms with Crippen LogP contribution in [-0.4, -0.2) is 31.6 Å². The Hall–Kier alpha value is -1.43. The molecule has 0 amide bonds. The normalized spacial score (nSPS) is 26.0. The first-order valence-corrected chi connectivity index (χ1v) is 7.89. The summed E-state index contributed by atoms with van der Waals surface area (Å²) in [6.07, 6.45) is 4.50. The van der Waals surface area contributed by atoms with Gasteiger partial charge < -0.3 is 5.11 Å². The van der Waals surface area contributed by atoms with Crippen molar-refractivity contribution < 1.29 is 9.90 Å². The molecule has 1 aromatic heterocycles. The van der Waals surface area contributed by atoms with E-state index in [4.69, 9.17) is 0 Å². The highest BCUT2D eigenvalue weighted by Gasteiger charge is 2.41. The van der Waals surface area contributed by atoms with Crippen LogP contribution < -0.4 is 5.32 Å². The van der Waals surface area contributed by atoms with Gasteiger partial charge in [0.2, 0.25) is 0 Å². The quantitative estimate of drug-likeness (QED) is 0.840. The largest absolute Gasteiger partial charge is 0.480 e. The van der Waals surface area contributed by atoms with Gasteiger partial charge >= 0.3 is 5.97 Å². The zero-order chi connectivity index (χ0) is 15.5. The van der Waals surface area contributed by atoms with Crippen LogP contribution in [0.1, 0.15) is 57.3 Å². The number of hydrogen-bond donors (Lipinski definition) is 2. The molecule has 2 N–H and O–H groups in total. The molecule has 0 saturated heterocycles. The molecule has 0 bridgehead atoms. The molecule has 21 heavy (non-hydrogen) atoms. The van der Waals surface area contributed by atoms with Crippen molar-refractivity contribution in [2.45, 2.75) is 71.5 Å². The minimum Gasteiger partial charge on any atom is -0.480 e. The molecule has 118 valence electrons. The van der Waals surface area contributed by atoms with Gasteiger partial charge in [0.25, 0.3) is 0 Å². The smallest absolute Gasteiger partial charge is 0.323 e. The molecule has 1 heterocycles. The van der Waals surface area contributed by atoms with Crippen LogP contribution in [0, 0.1) is 12.8 Å². The highest BCUT2D eigenvalue weighted by Crippen LogP contribution is 2.34. The Kier molecular flexibility index (Phi) is 4.98. The second-order valence-electron chi connectivity index (χ2n) is 6.01. The first-order chi connectivity index (χ1) is 10.0. The molecule has 2 rings (SSSR count). The third-order valence-corrected chi connectivity index (χ3v) is 4.74. The Morgan fingerprint density at radius 2 is 2.05 bits per heavy atom. The molecule has 1 aromatic rings. The molecular formula is C15H26N4O2. The number of aromatic nitrogens is 3. The van der Waals surface area contributed by atoms with Crippen LogP contribution in [0.5, 0.6) is 0 Å². The van der Waals surface area contributed by atoms with Gasteiger partial charge in [-0.2, -0.15) is 15.0 Å². The molecule has 1 fully saturated rings. The second-order valence-corrected chi connectivity index (χ2v) is 6.01. The number of nitrogens with zero attached hydrogens (tertiary/aromatic N) is 3. The maximum Gasteiger partial charge on any atom is 0.323 e. The minimum atomic E-state index is -0.798. The monoisotopic (exact) mass is 294 g/mol. The van der Waals surface area contributed by atoms with Crippen molar-refractivity contribution in [1.82, 2.24) is 20.3 Å². The SMILES string of the molecule is CCC1CCC(NCc2nn(CC)nc2C)(C(=O)O)CC1. The van der Waals surface area contributed by atoms with Crippen molar-refractivity contribution in [1.29, 1.82) is 0 Å². The number of carbonyl (C=O) groups is 1. The van der Waals surface area contributed by atoms with Gasteiger partial charge in [-0.1, -0.05) is 13.3 Å². The molecule has 0 unspecified atom stereocenters. The topological polar surface area (TPSA) is 80.0 Å². The number of carboxylic acids is 1. The summed E-state index contributed by atoms with van der Waals surface area (Å²) in [6, 6.07) is 0. The lowest BCUT2D eigenvalue weighted by Crippen LogP contribution is -2.53. The maximum atomic E-state index is 11.7. The lowest BCUT2D eigenvalue weighted by atomic mass is 9.75. The zero-order valence-corrected chi connectivity index (χ0v) is 13.2. The Bertz CT molecular complexity index is 490. The van der Waals surface area contributed by atoms with Gasteiger partial charge in [-0.3, -0.25) is 10.1 Å². The Morgan fingerprint density at radius 1 is 1.38 bits per heavy atom. The Balaban J connectivity index is 2.03. The summed E-state index contributed by atoms with van der Waals surface area (Å²) < 4.78 is 0. The molecule has 0 atom stereocenters. The van der Waals surface area contributed by atoms with E-state index in [2.05, 4.69) is 22.4 Å². The molecule has 1 aliphatic rings. The summed E-state index contributed by atoms with van der Waals surface area (Å²) in [5.74, 6) is -0.0698. The van der Waals surface area contributed by atoms with Crippen molar-refractivity contribution in [2.75, 3.05) is 0 Å². The molecule has 1 aliphatic carbocycles. The number of aliphatic carboxylic acids is 1. The lowest BCUT2D eigenvalue weighted by molar-refractivity contribution is -0.147. The van der Waals surface area contributed by atoms with E-state index in [1.54, 1.807) is 4.80 Å². The van der Waals surface area contributed by atoms with Crippen LogP contribution >= 0.6 is 0 Å². The first-order valence-electron chi connectivity index (χ1n) is 7.89. The number of rotatable bonds is 6. The van der Waals surface area contributed by atoms with Gasteiger partial charge in [0.05, 0.1) is 17.9 Å².